The smallest absolute Gasteiger partial charge is 0.0813 e. The first kappa shape index (κ1) is 11.5. The highest BCUT2D eigenvalue weighted by molar-refractivity contribution is 6.30. The first-order valence-corrected chi connectivity index (χ1v) is 5.10. The average molecular weight is 215 g/mol. The van der Waals surface area contributed by atoms with Gasteiger partial charge in [-0.25, -0.2) is 0 Å². The quantitative estimate of drug-likeness (QED) is 0.815. The van der Waals surface area contributed by atoms with Crippen molar-refractivity contribution in [3.8, 4) is 0 Å². The Morgan fingerprint density at radius 3 is 2.57 bits per heavy atom. The molecule has 0 aliphatic carbocycles. The summed E-state index contributed by atoms with van der Waals surface area (Å²) < 4.78 is 5.12. The van der Waals surface area contributed by atoms with Crippen LogP contribution >= 0.6 is 11.6 Å². The molecule has 1 aromatic carbocycles. The molecular weight excluding hydrogens is 200 g/mol. The normalized spacial score (nSPS) is 12.8. The number of benzene rings is 1. The van der Waals surface area contributed by atoms with E-state index in [2.05, 4.69) is 0 Å². The molecule has 14 heavy (non-hydrogen) atoms. The van der Waals surface area contributed by atoms with Crippen LogP contribution in [0.25, 0.3) is 0 Å². The molecule has 1 atom stereocenters. The van der Waals surface area contributed by atoms with Gasteiger partial charge in [0.15, 0.2) is 0 Å². The zero-order valence-electron chi connectivity index (χ0n) is 8.24. The minimum atomic E-state index is -0.434. The van der Waals surface area contributed by atoms with Crippen LogP contribution in [0.4, 0.5) is 0 Å². The number of halogens is 1. The Labute approximate surface area is 89.5 Å². The number of rotatable bonds is 5. The Bertz CT molecular complexity index is 258. The maximum atomic E-state index is 9.55. The monoisotopic (exact) mass is 214 g/mol. The fraction of sp³-hybridized carbons (Fsp3) is 0.455. The summed E-state index contributed by atoms with van der Waals surface area (Å²) in [6, 6.07) is 7.48. The lowest BCUT2D eigenvalue weighted by molar-refractivity contribution is 0.0430. The second-order valence-electron chi connectivity index (χ2n) is 3.14. The largest absolute Gasteiger partial charge is 0.390 e. The van der Waals surface area contributed by atoms with Crippen molar-refractivity contribution in [1.29, 1.82) is 0 Å². The molecule has 1 unspecified atom stereocenters. The third-order valence-corrected chi connectivity index (χ3v) is 2.15. The third-order valence-electron chi connectivity index (χ3n) is 1.90. The van der Waals surface area contributed by atoms with Crippen molar-refractivity contribution in [2.45, 2.75) is 19.4 Å². The summed E-state index contributed by atoms with van der Waals surface area (Å²) in [4.78, 5) is 0. The van der Waals surface area contributed by atoms with Crippen molar-refractivity contribution >= 4 is 11.6 Å². The SMILES string of the molecule is CCOCC(O)Cc1ccc(Cl)cc1. The lowest BCUT2D eigenvalue weighted by atomic mass is 10.1. The predicted octanol–water partition coefficient (Wildman–Crippen LogP) is 2.28. The topological polar surface area (TPSA) is 29.5 Å². The molecule has 0 radical (unpaired) electrons. The molecule has 3 heteroatoms. The predicted molar refractivity (Wildman–Crippen MR) is 57.7 cm³/mol. The van der Waals surface area contributed by atoms with Crippen LogP contribution in [0.2, 0.25) is 5.02 Å². The lowest BCUT2D eigenvalue weighted by Gasteiger charge is -2.10. The Balaban J connectivity index is 2.39. The van der Waals surface area contributed by atoms with Gasteiger partial charge in [0.1, 0.15) is 0 Å². The van der Waals surface area contributed by atoms with Crippen LogP contribution < -0.4 is 0 Å². The van der Waals surface area contributed by atoms with Crippen molar-refractivity contribution in [1.82, 2.24) is 0 Å². The highest BCUT2D eigenvalue weighted by atomic mass is 35.5. The van der Waals surface area contributed by atoms with Crippen molar-refractivity contribution in [2.24, 2.45) is 0 Å². The van der Waals surface area contributed by atoms with Gasteiger partial charge in [0.05, 0.1) is 12.7 Å². The second kappa shape index (κ2) is 6.02. The molecule has 0 saturated carbocycles. The standard InChI is InChI=1S/C11H15ClO2/c1-2-14-8-11(13)7-9-3-5-10(12)6-4-9/h3-6,11,13H,2,7-8H2,1H3. The van der Waals surface area contributed by atoms with Gasteiger partial charge < -0.3 is 9.84 Å². The Hall–Kier alpha value is -0.570. The van der Waals surface area contributed by atoms with E-state index in [-0.39, 0.29) is 0 Å². The Morgan fingerprint density at radius 2 is 2.00 bits per heavy atom. The molecule has 0 bridgehead atoms. The molecule has 0 heterocycles. The van der Waals surface area contributed by atoms with Gasteiger partial charge in [0.2, 0.25) is 0 Å². The van der Waals surface area contributed by atoms with Crippen molar-refractivity contribution in [3.63, 3.8) is 0 Å². The molecule has 2 nitrogen and oxygen atoms in total. The zero-order chi connectivity index (χ0) is 10.4. The third kappa shape index (κ3) is 4.09. The van der Waals surface area contributed by atoms with E-state index in [9.17, 15) is 5.11 Å². The van der Waals surface area contributed by atoms with Crippen LogP contribution in [0.3, 0.4) is 0 Å². The first-order chi connectivity index (χ1) is 6.72. The summed E-state index contributed by atoms with van der Waals surface area (Å²) in [6.07, 6.45) is 0.174. The molecule has 0 spiro atoms. The van der Waals surface area contributed by atoms with Gasteiger partial charge in [-0.05, 0) is 24.6 Å². The van der Waals surface area contributed by atoms with E-state index in [1.807, 2.05) is 31.2 Å². The fourth-order valence-electron chi connectivity index (χ4n) is 1.21. The fourth-order valence-corrected chi connectivity index (χ4v) is 1.33. The minimum absolute atomic E-state index is 0.388. The van der Waals surface area contributed by atoms with Crippen LogP contribution in [0.1, 0.15) is 12.5 Å². The summed E-state index contributed by atoms with van der Waals surface area (Å²) in [6.45, 7) is 2.94. The zero-order valence-corrected chi connectivity index (χ0v) is 9.00. The molecule has 78 valence electrons. The molecule has 0 amide bonds. The van der Waals surface area contributed by atoms with Crippen molar-refractivity contribution in [2.75, 3.05) is 13.2 Å². The summed E-state index contributed by atoms with van der Waals surface area (Å²) >= 11 is 5.74. The summed E-state index contributed by atoms with van der Waals surface area (Å²) in [5.74, 6) is 0. The number of ether oxygens (including phenoxy) is 1. The molecule has 1 aromatic rings. The minimum Gasteiger partial charge on any atom is -0.390 e. The van der Waals surface area contributed by atoms with E-state index in [1.165, 1.54) is 0 Å². The molecule has 1 rings (SSSR count). The summed E-state index contributed by atoms with van der Waals surface area (Å²) in [7, 11) is 0. The van der Waals surface area contributed by atoms with Crippen LogP contribution in [-0.4, -0.2) is 24.4 Å². The molecule has 0 saturated heterocycles. The van der Waals surface area contributed by atoms with Crippen molar-refractivity contribution < 1.29 is 9.84 Å². The lowest BCUT2D eigenvalue weighted by Crippen LogP contribution is -2.17. The van der Waals surface area contributed by atoms with Gasteiger partial charge in [-0.3, -0.25) is 0 Å². The highest BCUT2D eigenvalue weighted by Crippen LogP contribution is 2.11. The highest BCUT2D eigenvalue weighted by Gasteiger charge is 2.04. The molecular formula is C11H15ClO2. The first-order valence-electron chi connectivity index (χ1n) is 4.72. The van der Waals surface area contributed by atoms with E-state index in [1.54, 1.807) is 0 Å². The van der Waals surface area contributed by atoms with Crippen LogP contribution in [0.5, 0.6) is 0 Å². The number of hydrogen-bond acceptors (Lipinski definition) is 2. The molecule has 0 fully saturated rings. The molecule has 0 aliphatic heterocycles. The van der Waals surface area contributed by atoms with E-state index < -0.39 is 6.10 Å². The molecule has 0 aromatic heterocycles. The van der Waals surface area contributed by atoms with Gasteiger partial charge in [-0.2, -0.15) is 0 Å². The van der Waals surface area contributed by atoms with Crippen LogP contribution in [0, 0.1) is 0 Å². The number of hydrogen-bond donors (Lipinski definition) is 1. The van der Waals surface area contributed by atoms with Gasteiger partial charge in [0.25, 0.3) is 0 Å². The van der Waals surface area contributed by atoms with Crippen molar-refractivity contribution in [3.05, 3.63) is 34.9 Å². The van der Waals surface area contributed by atoms with Crippen LogP contribution in [-0.2, 0) is 11.2 Å². The van der Waals surface area contributed by atoms with E-state index >= 15 is 0 Å². The summed E-state index contributed by atoms with van der Waals surface area (Å²) in [5.41, 5.74) is 1.07. The van der Waals surface area contributed by atoms with Gasteiger partial charge >= 0.3 is 0 Å². The van der Waals surface area contributed by atoms with Gasteiger partial charge in [-0.15, -0.1) is 0 Å². The van der Waals surface area contributed by atoms with E-state index in [0.29, 0.717) is 24.7 Å². The van der Waals surface area contributed by atoms with Crippen LogP contribution in [0.15, 0.2) is 24.3 Å². The maximum absolute atomic E-state index is 9.55. The van der Waals surface area contributed by atoms with E-state index in [4.69, 9.17) is 16.3 Å². The Kier molecular flexibility index (Phi) is 4.94. The molecule has 1 N–H and O–H groups in total. The van der Waals surface area contributed by atoms with Gasteiger partial charge in [-0.1, -0.05) is 23.7 Å². The summed E-state index contributed by atoms with van der Waals surface area (Å²) in [5, 5.41) is 10.3. The maximum Gasteiger partial charge on any atom is 0.0813 e. The Morgan fingerprint density at radius 1 is 1.36 bits per heavy atom. The van der Waals surface area contributed by atoms with E-state index in [0.717, 1.165) is 5.56 Å². The average Bonchev–Trinajstić information content (AvgIpc) is 2.18. The number of aliphatic hydroxyl groups is 1. The number of aliphatic hydroxyl groups excluding tert-OH is 1. The second-order valence-corrected chi connectivity index (χ2v) is 3.58. The van der Waals surface area contributed by atoms with Gasteiger partial charge in [0, 0.05) is 18.1 Å². The molecule has 0 aliphatic rings.